The summed E-state index contributed by atoms with van der Waals surface area (Å²) in [6, 6.07) is 11.1. The van der Waals surface area contributed by atoms with E-state index in [2.05, 4.69) is 35.8 Å². The smallest absolute Gasteiger partial charge is 0.158 e. The van der Waals surface area contributed by atoms with Crippen molar-refractivity contribution < 1.29 is 0 Å². The van der Waals surface area contributed by atoms with Gasteiger partial charge >= 0.3 is 0 Å². The van der Waals surface area contributed by atoms with Gasteiger partial charge in [-0.05, 0) is 61.8 Å². The van der Waals surface area contributed by atoms with Crippen LogP contribution in [0.3, 0.4) is 0 Å². The van der Waals surface area contributed by atoms with Gasteiger partial charge in [0.05, 0.1) is 5.52 Å². The number of hydrogen-bond acceptors (Lipinski definition) is 3. The zero-order chi connectivity index (χ0) is 19.5. The van der Waals surface area contributed by atoms with Crippen molar-refractivity contribution in [2.45, 2.75) is 38.1 Å². The van der Waals surface area contributed by atoms with Gasteiger partial charge in [-0.15, -0.1) is 0 Å². The molecular weight excluding hydrogens is 344 g/mol. The van der Waals surface area contributed by atoms with E-state index in [-0.39, 0.29) is 0 Å². The lowest BCUT2D eigenvalue weighted by Crippen LogP contribution is -2.27. The van der Waals surface area contributed by atoms with Gasteiger partial charge in [-0.1, -0.05) is 36.9 Å². The van der Waals surface area contributed by atoms with Crippen LogP contribution < -0.4 is 5.73 Å². The van der Waals surface area contributed by atoms with Gasteiger partial charge in [0.2, 0.25) is 0 Å². The molecule has 0 unspecified atom stereocenters. The third-order valence-corrected chi connectivity index (χ3v) is 5.82. The molecule has 28 heavy (non-hydrogen) atoms. The summed E-state index contributed by atoms with van der Waals surface area (Å²) in [5.41, 5.74) is 10.2. The van der Waals surface area contributed by atoms with Crippen molar-refractivity contribution in [2.24, 2.45) is 16.6 Å². The Bertz CT molecular complexity index is 962. The summed E-state index contributed by atoms with van der Waals surface area (Å²) in [6.07, 6.45) is 13.7. The second-order valence-electron chi connectivity index (χ2n) is 7.78. The van der Waals surface area contributed by atoms with Crippen LogP contribution >= 0.6 is 0 Å². The van der Waals surface area contributed by atoms with Crippen LogP contribution in [0.2, 0.25) is 0 Å². The molecule has 0 radical (unpaired) electrons. The number of nitrogens with two attached hydrogens (primary N) is 1. The zero-order valence-electron chi connectivity index (χ0n) is 16.5. The second kappa shape index (κ2) is 8.11. The van der Waals surface area contributed by atoms with E-state index in [1.807, 2.05) is 35.4 Å². The fourth-order valence-electron chi connectivity index (χ4n) is 4.23. The highest BCUT2D eigenvalue weighted by Gasteiger charge is 2.21. The molecule has 0 amide bonds. The van der Waals surface area contributed by atoms with Crippen LogP contribution in [0.4, 0.5) is 0 Å². The highest BCUT2D eigenvalue weighted by molar-refractivity contribution is 6.01. The van der Waals surface area contributed by atoms with E-state index in [1.54, 1.807) is 7.05 Å². The molecule has 2 aliphatic rings. The molecule has 0 atom stereocenters. The molecular formula is C24H28N4. The van der Waals surface area contributed by atoms with Crippen LogP contribution in [-0.4, -0.2) is 28.8 Å². The molecule has 1 aliphatic carbocycles. The number of amidine groups is 1. The van der Waals surface area contributed by atoms with E-state index in [1.165, 1.54) is 23.8 Å². The molecule has 2 heterocycles. The minimum Gasteiger partial charge on any atom is -0.328 e. The minimum atomic E-state index is 0.386. The number of aliphatic imine (C=N–C) groups is 1. The van der Waals surface area contributed by atoms with Crippen LogP contribution in [-0.2, 0) is 6.42 Å². The number of pyridine rings is 1. The van der Waals surface area contributed by atoms with Crippen LogP contribution in [0, 0.1) is 5.92 Å². The topological polar surface area (TPSA) is 54.5 Å². The van der Waals surface area contributed by atoms with E-state index >= 15 is 0 Å². The summed E-state index contributed by atoms with van der Waals surface area (Å²) in [4.78, 5) is 11.5. The molecule has 0 saturated heterocycles. The van der Waals surface area contributed by atoms with Crippen molar-refractivity contribution in [1.82, 2.24) is 9.88 Å². The fourth-order valence-corrected chi connectivity index (χ4v) is 4.23. The molecule has 2 N–H and O–H groups in total. The summed E-state index contributed by atoms with van der Waals surface area (Å²) in [7, 11) is 1.80. The van der Waals surface area contributed by atoms with Crippen molar-refractivity contribution in [3.8, 4) is 0 Å². The van der Waals surface area contributed by atoms with Gasteiger partial charge in [0.1, 0.15) is 5.69 Å². The first-order valence-corrected chi connectivity index (χ1v) is 10.1. The normalized spacial score (nSPS) is 22.9. The van der Waals surface area contributed by atoms with Crippen LogP contribution in [0.5, 0.6) is 0 Å². The van der Waals surface area contributed by atoms with Gasteiger partial charge in [-0.25, -0.2) is 4.98 Å². The Kier molecular flexibility index (Phi) is 5.40. The zero-order valence-corrected chi connectivity index (χ0v) is 16.5. The molecule has 144 valence electrons. The second-order valence-corrected chi connectivity index (χ2v) is 7.78. The Labute approximate surface area is 167 Å². The molecule has 1 fully saturated rings. The van der Waals surface area contributed by atoms with Crippen LogP contribution in [0.1, 0.15) is 36.9 Å². The fraction of sp³-hybridized carbons (Fsp3) is 0.333. The Balaban J connectivity index is 1.67. The molecule has 4 rings (SSSR count). The number of fused-ring (bicyclic) bond motifs is 1. The summed E-state index contributed by atoms with van der Waals surface area (Å²) < 4.78 is 0. The number of aromatic nitrogens is 1. The van der Waals surface area contributed by atoms with E-state index in [0.29, 0.717) is 12.0 Å². The molecule has 0 bridgehead atoms. The van der Waals surface area contributed by atoms with Gasteiger partial charge in [-0.3, -0.25) is 4.99 Å². The van der Waals surface area contributed by atoms with Crippen molar-refractivity contribution in [2.75, 3.05) is 7.05 Å². The number of allylic oxidation sites excluding steroid dienone is 3. The van der Waals surface area contributed by atoms with Gasteiger partial charge in [0.15, 0.2) is 5.84 Å². The first-order valence-electron chi connectivity index (χ1n) is 10.1. The predicted octanol–water partition coefficient (Wildman–Crippen LogP) is 4.57. The van der Waals surface area contributed by atoms with E-state index in [0.717, 1.165) is 42.0 Å². The summed E-state index contributed by atoms with van der Waals surface area (Å²) in [5, 5.41) is 1.18. The van der Waals surface area contributed by atoms with Gasteiger partial charge < -0.3 is 10.6 Å². The van der Waals surface area contributed by atoms with E-state index in [9.17, 15) is 0 Å². The number of nitrogens with zero attached hydrogens (tertiary/aromatic N) is 3. The SMILES string of the molecule is C=C1C=CC=CN1C(=NC)c1ccc2cccc(CC3CCC(N)CC3)c2n1. The lowest BCUT2D eigenvalue weighted by atomic mass is 9.82. The Morgan fingerprint density at radius 2 is 2.00 bits per heavy atom. The Hall–Kier alpha value is -2.72. The number of benzene rings is 1. The van der Waals surface area contributed by atoms with E-state index in [4.69, 9.17) is 10.7 Å². The third-order valence-electron chi connectivity index (χ3n) is 5.82. The number of rotatable bonds is 3. The van der Waals surface area contributed by atoms with Crippen molar-refractivity contribution >= 4 is 16.7 Å². The average molecular weight is 373 g/mol. The van der Waals surface area contributed by atoms with Crippen molar-refractivity contribution in [3.05, 3.63) is 78.3 Å². The molecule has 1 aromatic heterocycles. The summed E-state index contributed by atoms with van der Waals surface area (Å²) >= 11 is 0. The maximum Gasteiger partial charge on any atom is 0.158 e. The first-order chi connectivity index (χ1) is 13.7. The minimum absolute atomic E-state index is 0.386. The van der Waals surface area contributed by atoms with Crippen molar-refractivity contribution in [3.63, 3.8) is 0 Å². The molecule has 0 spiro atoms. The van der Waals surface area contributed by atoms with Crippen molar-refractivity contribution in [1.29, 1.82) is 0 Å². The Morgan fingerprint density at radius 1 is 1.18 bits per heavy atom. The van der Waals surface area contributed by atoms with Gasteiger partial charge in [-0.2, -0.15) is 0 Å². The quantitative estimate of drug-likeness (QED) is 0.634. The van der Waals surface area contributed by atoms with Gasteiger partial charge in [0.25, 0.3) is 0 Å². The predicted molar refractivity (Wildman–Crippen MR) is 117 cm³/mol. The lowest BCUT2D eigenvalue weighted by molar-refractivity contribution is 0.325. The standard InChI is InChI=1S/C24H28N4/c1-17-6-3-4-15-28(17)24(26-2)22-14-11-19-7-5-8-20(23(19)27-22)16-18-9-12-21(25)13-10-18/h3-8,11,14-15,18,21H,1,9-10,12-13,16,25H2,2H3. The Morgan fingerprint density at radius 3 is 2.75 bits per heavy atom. The average Bonchev–Trinajstić information content (AvgIpc) is 2.72. The maximum absolute atomic E-state index is 6.08. The highest BCUT2D eigenvalue weighted by Crippen LogP contribution is 2.29. The number of hydrogen-bond donors (Lipinski definition) is 1. The maximum atomic E-state index is 6.08. The third kappa shape index (κ3) is 3.78. The van der Waals surface area contributed by atoms with Crippen LogP contribution in [0.25, 0.3) is 10.9 Å². The molecule has 4 heteroatoms. The number of para-hydroxylation sites is 1. The molecule has 4 nitrogen and oxygen atoms in total. The first kappa shape index (κ1) is 18.6. The highest BCUT2D eigenvalue weighted by atomic mass is 15.2. The van der Waals surface area contributed by atoms with Crippen LogP contribution in [0.15, 0.2) is 72.0 Å². The summed E-state index contributed by atoms with van der Waals surface area (Å²) in [6.45, 7) is 4.12. The molecule has 1 saturated carbocycles. The molecule has 1 aliphatic heterocycles. The monoisotopic (exact) mass is 372 g/mol. The summed E-state index contributed by atoms with van der Waals surface area (Å²) in [5.74, 6) is 1.51. The molecule has 2 aromatic rings. The van der Waals surface area contributed by atoms with E-state index < -0.39 is 0 Å². The lowest BCUT2D eigenvalue weighted by Gasteiger charge is -2.26. The van der Waals surface area contributed by atoms with Gasteiger partial charge in [0, 0.05) is 30.4 Å². The largest absolute Gasteiger partial charge is 0.328 e. The molecule has 1 aromatic carbocycles.